The van der Waals surface area contributed by atoms with Gasteiger partial charge in [0.15, 0.2) is 5.65 Å². The summed E-state index contributed by atoms with van der Waals surface area (Å²) in [4.78, 5) is 22.1. The first kappa shape index (κ1) is 16.0. The predicted octanol–water partition coefficient (Wildman–Crippen LogP) is 3.58. The number of aromatic amines is 1. The molecule has 0 aliphatic heterocycles. The van der Waals surface area contributed by atoms with Crippen LogP contribution in [-0.2, 0) is 0 Å². The number of carbonyl (C=O) groups is 1. The Balaban J connectivity index is 1.87. The van der Waals surface area contributed by atoms with Gasteiger partial charge < -0.3 is 5.73 Å². The number of hydrogen-bond donors (Lipinski definition) is 2. The average molecular weight is 365 g/mol. The van der Waals surface area contributed by atoms with Gasteiger partial charge in [-0.2, -0.15) is 10.1 Å². The topological polar surface area (TPSA) is 101 Å². The number of nitrogens with zero attached hydrogens (tertiary/aromatic N) is 4. The maximum Gasteiger partial charge on any atom is 0.248 e. The van der Waals surface area contributed by atoms with Crippen molar-refractivity contribution < 1.29 is 4.79 Å². The smallest absolute Gasteiger partial charge is 0.248 e. The number of benzene rings is 2. The third-order valence-electron chi connectivity index (χ3n) is 3.85. The van der Waals surface area contributed by atoms with E-state index < -0.39 is 5.91 Å². The van der Waals surface area contributed by atoms with E-state index in [1.165, 1.54) is 0 Å². The van der Waals surface area contributed by atoms with Gasteiger partial charge in [-0.15, -0.1) is 0 Å². The summed E-state index contributed by atoms with van der Waals surface area (Å²) in [6, 6.07) is 14.2. The van der Waals surface area contributed by atoms with E-state index >= 15 is 0 Å². The van der Waals surface area contributed by atoms with Crippen LogP contribution in [0.15, 0.2) is 60.9 Å². The van der Waals surface area contributed by atoms with E-state index in [9.17, 15) is 4.79 Å². The lowest BCUT2D eigenvalue weighted by Gasteiger charge is -2.23. The van der Waals surface area contributed by atoms with Crippen LogP contribution in [0.1, 0.15) is 10.4 Å². The highest BCUT2D eigenvalue weighted by Gasteiger charge is 2.17. The Morgan fingerprint density at radius 2 is 1.88 bits per heavy atom. The van der Waals surface area contributed by atoms with Gasteiger partial charge in [0.2, 0.25) is 11.9 Å². The van der Waals surface area contributed by atoms with E-state index in [4.69, 9.17) is 17.3 Å². The molecular weight excluding hydrogens is 352 g/mol. The van der Waals surface area contributed by atoms with Crippen LogP contribution in [0.4, 0.5) is 17.3 Å². The molecule has 0 aliphatic rings. The number of rotatable bonds is 4. The summed E-state index contributed by atoms with van der Waals surface area (Å²) in [7, 11) is 0. The van der Waals surface area contributed by atoms with Gasteiger partial charge in [0.25, 0.3) is 0 Å². The second-order valence-corrected chi connectivity index (χ2v) is 6.01. The standard InChI is InChI=1S/C18H13ClN6O/c19-13-2-1-3-15(8-13)25(14-6-4-11(5-7-14)16(20)26)18-21-9-12-10-22-24-17(12)23-18/h1-10H,(H2,20,26)(H,21,22,23,24). The molecule has 2 heterocycles. The predicted molar refractivity (Wildman–Crippen MR) is 99.9 cm³/mol. The van der Waals surface area contributed by atoms with Gasteiger partial charge in [0.1, 0.15) is 0 Å². The molecule has 2 aromatic heterocycles. The second kappa shape index (κ2) is 6.45. The number of amides is 1. The summed E-state index contributed by atoms with van der Waals surface area (Å²) in [6.45, 7) is 0. The molecule has 7 nitrogen and oxygen atoms in total. The number of H-pyrrole nitrogens is 1. The van der Waals surface area contributed by atoms with E-state index in [1.807, 2.05) is 23.1 Å². The molecule has 0 fully saturated rings. The lowest BCUT2D eigenvalue weighted by molar-refractivity contribution is 0.100. The Hall–Kier alpha value is -3.45. The zero-order chi connectivity index (χ0) is 18.1. The molecule has 26 heavy (non-hydrogen) atoms. The van der Waals surface area contributed by atoms with Crippen molar-refractivity contribution in [2.75, 3.05) is 4.90 Å². The van der Waals surface area contributed by atoms with E-state index in [-0.39, 0.29) is 0 Å². The summed E-state index contributed by atoms with van der Waals surface area (Å²) in [5.74, 6) is -0.0446. The monoisotopic (exact) mass is 364 g/mol. The fraction of sp³-hybridized carbons (Fsp3) is 0. The molecule has 8 heteroatoms. The number of nitrogens with two attached hydrogens (primary N) is 1. The van der Waals surface area contributed by atoms with E-state index in [2.05, 4.69) is 20.2 Å². The van der Waals surface area contributed by atoms with Gasteiger partial charge in [-0.25, -0.2) is 4.98 Å². The van der Waals surface area contributed by atoms with Crippen molar-refractivity contribution in [1.82, 2.24) is 20.2 Å². The zero-order valence-corrected chi connectivity index (χ0v) is 14.2. The number of anilines is 3. The first-order valence-corrected chi connectivity index (χ1v) is 8.11. The third kappa shape index (κ3) is 2.96. The number of primary amides is 1. The summed E-state index contributed by atoms with van der Waals surface area (Å²) in [6.07, 6.45) is 3.35. The molecule has 2 aromatic carbocycles. The molecule has 4 aromatic rings. The lowest BCUT2D eigenvalue weighted by Crippen LogP contribution is -2.14. The summed E-state index contributed by atoms with van der Waals surface area (Å²) >= 11 is 6.16. The number of carbonyl (C=O) groups excluding carboxylic acids is 1. The van der Waals surface area contributed by atoms with Gasteiger partial charge in [0.05, 0.1) is 17.3 Å². The van der Waals surface area contributed by atoms with Crippen LogP contribution in [0, 0.1) is 0 Å². The molecule has 0 saturated carbocycles. The number of aromatic nitrogens is 4. The van der Waals surface area contributed by atoms with Crippen molar-refractivity contribution >= 4 is 45.9 Å². The van der Waals surface area contributed by atoms with Crippen molar-refractivity contribution in [2.24, 2.45) is 5.73 Å². The first-order chi connectivity index (χ1) is 12.6. The number of hydrogen-bond acceptors (Lipinski definition) is 5. The van der Waals surface area contributed by atoms with Gasteiger partial charge in [-0.3, -0.25) is 14.8 Å². The van der Waals surface area contributed by atoms with Crippen LogP contribution in [0.2, 0.25) is 5.02 Å². The second-order valence-electron chi connectivity index (χ2n) is 5.57. The number of nitrogens with one attached hydrogen (secondary N) is 1. The van der Waals surface area contributed by atoms with Crippen LogP contribution in [0.3, 0.4) is 0 Å². The van der Waals surface area contributed by atoms with Crippen molar-refractivity contribution in [3.8, 4) is 0 Å². The average Bonchev–Trinajstić information content (AvgIpc) is 3.10. The molecular formula is C18H13ClN6O. The number of halogens is 1. The first-order valence-electron chi connectivity index (χ1n) is 7.73. The van der Waals surface area contributed by atoms with Gasteiger partial charge in [-0.1, -0.05) is 17.7 Å². The normalized spacial score (nSPS) is 10.8. The van der Waals surface area contributed by atoms with E-state index in [0.717, 1.165) is 16.8 Å². The minimum absolute atomic E-state index is 0.421. The Kier molecular flexibility index (Phi) is 3.98. The van der Waals surface area contributed by atoms with Crippen molar-refractivity contribution in [2.45, 2.75) is 0 Å². The van der Waals surface area contributed by atoms with Crippen LogP contribution in [0.5, 0.6) is 0 Å². The van der Waals surface area contributed by atoms with Crippen LogP contribution in [-0.4, -0.2) is 26.1 Å². The fourth-order valence-corrected chi connectivity index (χ4v) is 2.79. The number of fused-ring (bicyclic) bond motifs is 1. The molecule has 0 radical (unpaired) electrons. The Labute approximate surface area is 153 Å². The van der Waals surface area contributed by atoms with Gasteiger partial charge in [0, 0.05) is 22.5 Å². The molecule has 0 aliphatic carbocycles. The minimum Gasteiger partial charge on any atom is -0.366 e. The van der Waals surface area contributed by atoms with Crippen molar-refractivity contribution in [3.63, 3.8) is 0 Å². The Morgan fingerprint density at radius 1 is 1.08 bits per heavy atom. The highest BCUT2D eigenvalue weighted by Crippen LogP contribution is 2.33. The highest BCUT2D eigenvalue weighted by molar-refractivity contribution is 6.30. The van der Waals surface area contributed by atoms with Gasteiger partial charge >= 0.3 is 0 Å². The Bertz CT molecular complexity index is 1090. The molecule has 128 valence electrons. The lowest BCUT2D eigenvalue weighted by atomic mass is 10.1. The molecule has 0 spiro atoms. The van der Waals surface area contributed by atoms with Crippen LogP contribution >= 0.6 is 11.6 Å². The Morgan fingerprint density at radius 3 is 2.62 bits per heavy atom. The summed E-state index contributed by atoms with van der Waals surface area (Å²) in [5, 5.41) is 8.21. The summed E-state index contributed by atoms with van der Waals surface area (Å²) in [5.41, 5.74) is 7.91. The quantitative estimate of drug-likeness (QED) is 0.576. The van der Waals surface area contributed by atoms with Crippen molar-refractivity contribution in [1.29, 1.82) is 0 Å². The molecule has 0 saturated heterocycles. The molecule has 0 unspecified atom stereocenters. The maximum absolute atomic E-state index is 11.3. The molecule has 1 amide bonds. The highest BCUT2D eigenvalue weighted by atomic mass is 35.5. The largest absolute Gasteiger partial charge is 0.366 e. The molecule has 0 bridgehead atoms. The molecule has 3 N–H and O–H groups in total. The zero-order valence-electron chi connectivity index (χ0n) is 13.4. The van der Waals surface area contributed by atoms with Crippen LogP contribution in [0.25, 0.3) is 11.0 Å². The minimum atomic E-state index is -0.485. The van der Waals surface area contributed by atoms with Crippen molar-refractivity contribution in [3.05, 3.63) is 71.5 Å². The fourth-order valence-electron chi connectivity index (χ4n) is 2.61. The van der Waals surface area contributed by atoms with Gasteiger partial charge in [-0.05, 0) is 42.5 Å². The van der Waals surface area contributed by atoms with E-state index in [1.54, 1.807) is 42.7 Å². The SMILES string of the molecule is NC(=O)c1ccc(N(c2cccc(Cl)c2)c2ncc3cn[nH]c3n2)cc1. The van der Waals surface area contributed by atoms with E-state index in [0.29, 0.717) is 22.2 Å². The third-order valence-corrected chi connectivity index (χ3v) is 4.09. The summed E-state index contributed by atoms with van der Waals surface area (Å²) < 4.78 is 0. The van der Waals surface area contributed by atoms with Crippen LogP contribution < -0.4 is 10.6 Å². The maximum atomic E-state index is 11.3. The molecule has 0 atom stereocenters. The molecule has 4 rings (SSSR count).